The summed E-state index contributed by atoms with van der Waals surface area (Å²) in [6.07, 6.45) is 3.72. The summed E-state index contributed by atoms with van der Waals surface area (Å²) in [4.78, 5) is 13.8. The molecule has 0 unspecified atom stereocenters. The summed E-state index contributed by atoms with van der Waals surface area (Å²) in [6.45, 7) is 4.40. The highest BCUT2D eigenvalue weighted by Crippen LogP contribution is 2.28. The molecule has 0 saturated heterocycles. The first-order valence-electron chi connectivity index (χ1n) is 6.08. The van der Waals surface area contributed by atoms with Gasteiger partial charge in [-0.25, -0.2) is 0 Å². The Hall–Kier alpha value is -0.870. The van der Waals surface area contributed by atoms with Gasteiger partial charge in [0, 0.05) is 11.4 Å². The number of amides is 1. The van der Waals surface area contributed by atoms with Gasteiger partial charge >= 0.3 is 0 Å². The van der Waals surface area contributed by atoms with Gasteiger partial charge in [-0.2, -0.15) is 0 Å². The minimum absolute atomic E-state index is 0.0634. The van der Waals surface area contributed by atoms with Crippen LogP contribution in [0.15, 0.2) is 6.07 Å². The van der Waals surface area contributed by atoms with E-state index in [2.05, 4.69) is 5.32 Å². The van der Waals surface area contributed by atoms with Crippen LogP contribution in [0.4, 0.5) is 0 Å². The zero-order chi connectivity index (χ0) is 12.5. The highest BCUT2D eigenvalue weighted by Gasteiger charge is 2.31. The number of nitrogens with one attached hydrogen (secondary N) is 1. The lowest BCUT2D eigenvalue weighted by Gasteiger charge is -2.22. The first kappa shape index (κ1) is 12.6. The maximum Gasteiger partial charge on any atom is 0.261 e. The summed E-state index contributed by atoms with van der Waals surface area (Å²) >= 11 is 1.51. The molecule has 1 amide bonds. The van der Waals surface area contributed by atoms with Crippen molar-refractivity contribution in [2.24, 2.45) is 0 Å². The SMILES string of the molecule is Cc1cc(C(=O)NCC2(O)CCCC2)sc1C. The van der Waals surface area contributed by atoms with Crippen molar-refractivity contribution in [3.63, 3.8) is 0 Å². The molecule has 1 aromatic rings. The average Bonchev–Trinajstić information content (AvgIpc) is 2.85. The van der Waals surface area contributed by atoms with Gasteiger partial charge in [-0.1, -0.05) is 12.8 Å². The van der Waals surface area contributed by atoms with Crippen LogP contribution in [-0.4, -0.2) is 23.2 Å². The van der Waals surface area contributed by atoms with E-state index in [1.165, 1.54) is 16.2 Å². The molecule has 1 heterocycles. The van der Waals surface area contributed by atoms with Crippen LogP contribution in [0.3, 0.4) is 0 Å². The Morgan fingerprint density at radius 2 is 2.12 bits per heavy atom. The molecule has 0 spiro atoms. The molecule has 17 heavy (non-hydrogen) atoms. The zero-order valence-electron chi connectivity index (χ0n) is 10.4. The Bertz CT molecular complexity index is 400. The van der Waals surface area contributed by atoms with E-state index in [0.717, 1.165) is 36.1 Å². The lowest BCUT2D eigenvalue weighted by Crippen LogP contribution is -2.40. The Balaban J connectivity index is 1.93. The Kier molecular flexibility index (Phi) is 3.54. The first-order chi connectivity index (χ1) is 8.00. The summed E-state index contributed by atoms with van der Waals surface area (Å²) in [5.74, 6) is -0.0634. The second kappa shape index (κ2) is 4.78. The van der Waals surface area contributed by atoms with E-state index in [1.807, 2.05) is 19.9 Å². The van der Waals surface area contributed by atoms with Gasteiger partial charge in [-0.3, -0.25) is 4.79 Å². The van der Waals surface area contributed by atoms with Crippen molar-refractivity contribution in [1.29, 1.82) is 0 Å². The highest BCUT2D eigenvalue weighted by atomic mass is 32.1. The summed E-state index contributed by atoms with van der Waals surface area (Å²) in [5.41, 5.74) is 0.483. The highest BCUT2D eigenvalue weighted by molar-refractivity contribution is 7.14. The van der Waals surface area contributed by atoms with E-state index in [1.54, 1.807) is 0 Å². The van der Waals surface area contributed by atoms with Gasteiger partial charge in [0.25, 0.3) is 5.91 Å². The van der Waals surface area contributed by atoms with E-state index in [0.29, 0.717) is 6.54 Å². The fraction of sp³-hybridized carbons (Fsp3) is 0.615. The number of aryl methyl sites for hydroxylation is 2. The molecule has 1 saturated carbocycles. The molecule has 3 nitrogen and oxygen atoms in total. The lowest BCUT2D eigenvalue weighted by molar-refractivity contribution is 0.0450. The minimum atomic E-state index is -0.670. The molecule has 1 aliphatic rings. The van der Waals surface area contributed by atoms with Gasteiger partial charge in [-0.05, 0) is 38.3 Å². The van der Waals surface area contributed by atoms with Crippen molar-refractivity contribution < 1.29 is 9.90 Å². The van der Waals surface area contributed by atoms with Crippen LogP contribution in [0, 0.1) is 13.8 Å². The molecule has 1 fully saturated rings. The van der Waals surface area contributed by atoms with Crippen molar-refractivity contribution in [1.82, 2.24) is 5.32 Å². The number of rotatable bonds is 3. The maximum atomic E-state index is 11.9. The number of carbonyl (C=O) groups excluding carboxylic acids is 1. The fourth-order valence-corrected chi connectivity index (χ4v) is 3.18. The van der Waals surface area contributed by atoms with Crippen LogP contribution in [0.2, 0.25) is 0 Å². The predicted octanol–water partition coefficient (Wildman–Crippen LogP) is 2.40. The normalized spacial score (nSPS) is 18.3. The average molecular weight is 253 g/mol. The van der Waals surface area contributed by atoms with Gasteiger partial charge in [0.15, 0.2) is 0 Å². The lowest BCUT2D eigenvalue weighted by atomic mass is 10.0. The molecule has 2 N–H and O–H groups in total. The van der Waals surface area contributed by atoms with Gasteiger partial charge in [-0.15, -0.1) is 11.3 Å². The Morgan fingerprint density at radius 3 is 2.65 bits per heavy atom. The third-order valence-corrected chi connectivity index (χ3v) is 4.65. The molecule has 0 bridgehead atoms. The summed E-state index contributed by atoms with van der Waals surface area (Å²) in [6, 6.07) is 1.91. The first-order valence-corrected chi connectivity index (χ1v) is 6.89. The minimum Gasteiger partial charge on any atom is -0.388 e. The Morgan fingerprint density at radius 1 is 1.47 bits per heavy atom. The molecule has 0 aromatic carbocycles. The van der Waals surface area contributed by atoms with Crippen molar-refractivity contribution in [2.45, 2.75) is 45.1 Å². The third-order valence-electron chi connectivity index (χ3n) is 3.50. The van der Waals surface area contributed by atoms with E-state index in [4.69, 9.17) is 0 Å². The van der Waals surface area contributed by atoms with Crippen LogP contribution in [0.25, 0.3) is 0 Å². The second-order valence-corrected chi connectivity index (χ2v) is 6.22. The smallest absolute Gasteiger partial charge is 0.261 e. The quantitative estimate of drug-likeness (QED) is 0.869. The summed E-state index contributed by atoms with van der Waals surface area (Å²) < 4.78 is 0. The van der Waals surface area contributed by atoms with Crippen LogP contribution in [0.5, 0.6) is 0 Å². The van der Waals surface area contributed by atoms with E-state index in [9.17, 15) is 9.90 Å². The van der Waals surface area contributed by atoms with Gasteiger partial charge < -0.3 is 10.4 Å². The van der Waals surface area contributed by atoms with E-state index in [-0.39, 0.29) is 5.91 Å². The predicted molar refractivity (Wildman–Crippen MR) is 69.5 cm³/mol. The molecular weight excluding hydrogens is 234 g/mol. The molecule has 0 aliphatic heterocycles. The van der Waals surface area contributed by atoms with E-state index < -0.39 is 5.60 Å². The van der Waals surface area contributed by atoms with Gasteiger partial charge in [0.1, 0.15) is 0 Å². The topological polar surface area (TPSA) is 49.3 Å². The van der Waals surface area contributed by atoms with Crippen LogP contribution in [0.1, 0.15) is 45.8 Å². The van der Waals surface area contributed by atoms with Crippen molar-refractivity contribution in [3.05, 3.63) is 21.4 Å². The molecule has 1 aliphatic carbocycles. The molecule has 2 rings (SSSR count). The number of aliphatic hydroxyl groups is 1. The maximum absolute atomic E-state index is 11.9. The van der Waals surface area contributed by atoms with Gasteiger partial charge in [0.05, 0.1) is 10.5 Å². The third kappa shape index (κ3) is 2.87. The van der Waals surface area contributed by atoms with Crippen LogP contribution >= 0.6 is 11.3 Å². The van der Waals surface area contributed by atoms with Crippen molar-refractivity contribution in [3.8, 4) is 0 Å². The monoisotopic (exact) mass is 253 g/mol. The summed E-state index contributed by atoms with van der Waals surface area (Å²) in [7, 11) is 0. The zero-order valence-corrected chi connectivity index (χ0v) is 11.2. The van der Waals surface area contributed by atoms with Crippen LogP contribution in [-0.2, 0) is 0 Å². The number of carbonyl (C=O) groups is 1. The van der Waals surface area contributed by atoms with Crippen molar-refractivity contribution >= 4 is 17.2 Å². The summed E-state index contributed by atoms with van der Waals surface area (Å²) in [5, 5.41) is 13.0. The number of hydrogen-bond donors (Lipinski definition) is 2. The second-order valence-electron chi connectivity index (χ2n) is 4.96. The molecule has 1 aromatic heterocycles. The molecule has 94 valence electrons. The van der Waals surface area contributed by atoms with Gasteiger partial charge in [0.2, 0.25) is 0 Å². The molecule has 0 atom stereocenters. The standard InChI is InChI=1S/C13H19NO2S/c1-9-7-11(17-10(9)2)12(15)14-8-13(16)5-3-4-6-13/h7,16H,3-6,8H2,1-2H3,(H,14,15). The van der Waals surface area contributed by atoms with Crippen molar-refractivity contribution in [2.75, 3.05) is 6.54 Å². The largest absolute Gasteiger partial charge is 0.388 e. The number of hydrogen-bond acceptors (Lipinski definition) is 3. The Labute approximate surface area is 106 Å². The molecular formula is C13H19NO2S. The fourth-order valence-electron chi connectivity index (χ4n) is 2.23. The van der Waals surface area contributed by atoms with Crippen LogP contribution < -0.4 is 5.32 Å². The van der Waals surface area contributed by atoms with E-state index >= 15 is 0 Å². The molecule has 0 radical (unpaired) electrons. The number of thiophene rings is 1. The molecule has 4 heteroatoms.